The minimum absolute atomic E-state index is 0.806. The molecule has 1 heterocycles. The van der Waals surface area contributed by atoms with Gasteiger partial charge in [0.05, 0.1) is 0 Å². The average Bonchev–Trinajstić information content (AvgIpc) is 2.25. The summed E-state index contributed by atoms with van der Waals surface area (Å²) in [4.78, 5) is 2.75. The van der Waals surface area contributed by atoms with E-state index in [0.717, 1.165) is 23.9 Å². The van der Waals surface area contributed by atoms with Crippen LogP contribution in [0.15, 0.2) is 0 Å². The molecule has 0 aromatic carbocycles. The van der Waals surface area contributed by atoms with Crippen LogP contribution in [0.25, 0.3) is 0 Å². The van der Waals surface area contributed by atoms with Crippen molar-refractivity contribution in [2.45, 2.75) is 52.1 Å². The van der Waals surface area contributed by atoms with E-state index < -0.39 is 0 Å². The zero-order chi connectivity index (χ0) is 8.72. The van der Waals surface area contributed by atoms with E-state index in [1.54, 1.807) is 0 Å². The van der Waals surface area contributed by atoms with E-state index in [4.69, 9.17) is 0 Å². The number of hydrogen-bond donors (Lipinski definition) is 0. The van der Waals surface area contributed by atoms with E-state index in [1.165, 1.54) is 25.8 Å². The van der Waals surface area contributed by atoms with Crippen molar-refractivity contribution in [1.29, 1.82) is 0 Å². The van der Waals surface area contributed by atoms with Crippen LogP contribution < -0.4 is 0 Å². The molecule has 70 valence electrons. The van der Waals surface area contributed by atoms with Crippen molar-refractivity contribution >= 4 is 0 Å². The Morgan fingerprint density at radius 3 is 2.25 bits per heavy atom. The molecule has 3 unspecified atom stereocenters. The van der Waals surface area contributed by atoms with Gasteiger partial charge in [0.25, 0.3) is 0 Å². The van der Waals surface area contributed by atoms with Crippen LogP contribution in [0, 0.1) is 11.8 Å². The van der Waals surface area contributed by atoms with E-state index in [9.17, 15) is 0 Å². The fourth-order valence-corrected chi connectivity index (χ4v) is 2.69. The molecular formula is C11H21N. The molecule has 0 bridgehead atoms. The van der Waals surface area contributed by atoms with Crippen LogP contribution in [-0.2, 0) is 0 Å². The first-order valence-corrected chi connectivity index (χ1v) is 5.46. The lowest BCUT2D eigenvalue weighted by molar-refractivity contribution is 0.0862. The summed E-state index contributed by atoms with van der Waals surface area (Å²) in [5.41, 5.74) is 0. The van der Waals surface area contributed by atoms with Crippen LogP contribution in [-0.4, -0.2) is 23.5 Å². The van der Waals surface area contributed by atoms with Crippen LogP contribution in [0.3, 0.4) is 0 Å². The monoisotopic (exact) mass is 167 g/mol. The summed E-state index contributed by atoms with van der Waals surface area (Å²) in [5.74, 6) is 1.90. The van der Waals surface area contributed by atoms with Crippen LogP contribution in [0.1, 0.15) is 40.0 Å². The molecule has 1 nitrogen and oxygen atoms in total. The third-order valence-electron chi connectivity index (χ3n) is 4.05. The molecule has 0 amide bonds. The number of likely N-dealkylation sites (tertiary alicyclic amines) is 1. The molecule has 0 N–H and O–H groups in total. The maximum atomic E-state index is 2.75. The summed E-state index contributed by atoms with van der Waals surface area (Å²) in [6.45, 7) is 8.45. The highest BCUT2D eigenvalue weighted by molar-refractivity contribution is 4.96. The van der Waals surface area contributed by atoms with Gasteiger partial charge in [0.1, 0.15) is 0 Å². The van der Waals surface area contributed by atoms with Gasteiger partial charge in [-0.3, -0.25) is 4.90 Å². The molecule has 1 saturated heterocycles. The molecule has 0 aromatic heterocycles. The van der Waals surface area contributed by atoms with Gasteiger partial charge in [0.2, 0.25) is 0 Å². The van der Waals surface area contributed by atoms with Gasteiger partial charge in [-0.1, -0.05) is 13.8 Å². The third-order valence-corrected chi connectivity index (χ3v) is 4.05. The molecule has 0 spiro atoms. The van der Waals surface area contributed by atoms with Gasteiger partial charge in [0, 0.05) is 12.1 Å². The third kappa shape index (κ3) is 1.19. The second kappa shape index (κ2) is 3.02. The molecule has 1 heteroatoms. The maximum absolute atomic E-state index is 2.75. The maximum Gasteiger partial charge on any atom is 0.0127 e. The fraction of sp³-hybridized carbons (Fsp3) is 1.00. The van der Waals surface area contributed by atoms with Gasteiger partial charge in [0.15, 0.2) is 0 Å². The SMILES string of the molecule is CC(C)C(C)N1CCC2CCC21. The summed E-state index contributed by atoms with van der Waals surface area (Å²) < 4.78 is 0. The average molecular weight is 167 g/mol. The van der Waals surface area contributed by atoms with Gasteiger partial charge in [-0.05, 0) is 44.6 Å². The van der Waals surface area contributed by atoms with Crippen molar-refractivity contribution in [1.82, 2.24) is 4.90 Å². The van der Waals surface area contributed by atoms with Crippen molar-refractivity contribution in [2.75, 3.05) is 6.54 Å². The predicted octanol–water partition coefficient (Wildman–Crippen LogP) is 2.52. The van der Waals surface area contributed by atoms with Crippen molar-refractivity contribution in [3.63, 3.8) is 0 Å². The predicted molar refractivity (Wildman–Crippen MR) is 52.1 cm³/mol. The normalized spacial score (nSPS) is 38.0. The fourth-order valence-electron chi connectivity index (χ4n) is 2.69. The second-order valence-corrected chi connectivity index (χ2v) is 4.92. The molecule has 0 radical (unpaired) electrons. The first-order valence-electron chi connectivity index (χ1n) is 5.46. The van der Waals surface area contributed by atoms with Crippen LogP contribution >= 0.6 is 0 Å². The molecule has 1 aliphatic heterocycles. The summed E-state index contributed by atoms with van der Waals surface area (Å²) in [7, 11) is 0. The molecule has 2 rings (SSSR count). The lowest BCUT2D eigenvalue weighted by Crippen LogP contribution is -2.45. The molecule has 12 heavy (non-hydrogen) atoms. The van der Waals surface area contributed by atoms with Crippen molar-refractivity contribution in [3.8, 4) is 0 Å². The molecule has 1 saturated carbocycles. The summed E-state index contributed by atoms with van der Waals surface area (Å²) >= 11 is 0. The number of rotatable bonds is 2. The van der Waals surface area contributed by atoms with E-state index in [2.05, 4.69) is 25.7 Å². The standard InChI is InChI=1S/C11H21N/c1-8(2)9(3)12-7-6-10-4-5-11(10)12/h8-11H,4-7H2,1-3H3. The molecule has 2 aliphatic rings. The Labute approximate surface area is 76.1 Å². The highest BCUT2D eigenvalue weighted by Gasteiger charge is 2.42. The Morgan fingerprint density at radius 1 is 1.08 bits per heavy atom. The Morgan fingerprint density at radius 2 is 1.83 bits per heavy atom. The van der Waals surface area contributed by atoms with Gasteiger partial charge >= 0.3 is 0 Å². The van der Waals surface area contributed by atoms with E-state index in [1.807, 2.05) is 0 Å². The summed E-state index contributed by atoms with van der Waals surface area (Å²) in [6.07, 6.45) is 4.45. The number of nitrogens with zero attached hydrogens (tertiary/aromatic N) is 1. The topological polar surface area (TPSA) is 3.24 Å². The van der Waals surface area contributed by atoms with Crippen LogP contribution in [0.4, 0.5) is 0 Å². The summed E-state index contributed by atoms with van der Waals surface area (Å²) in [5, 5.41) is 0. The Hall–Kier alpha value is -0.0400. The lowest BCUT2D eigenvalue weighted by atomic mass is 9.80. The number of fused-ring (bicyclic) bond motifs is 1. The Balaban J connectivity index is 1.96. The van der Waals surface area contributed by atoms with Crippen LogP contribution in [0.2, 0.25) is 0 Å². The lowest BCUT2D eigenvalue weighted by Gasteiger charge is -2.40. The minimum Gasteiger partial charge on any atom is -0.297 e. The smallest absolute Gasteiger partial charge is 0.0127 e. The quantitative estimate of drug-likeness (QED) is 0.611. The van der Waals surface area contributed by atoms with E-state index in [0.29, 0.717) is 0 Å². The van der Waals surface area contributed by atoms with Gasteiger partial charge in [-0.15, -0.1) is 0 Å². The molecular weight excluding hydrogens is 146 g/mol. The highest BCUT2D eigenvalue weighted by Crippen LogP contribution is 2.41. The van der Waals surface area contributed by atoms with E-state index >= 15 is 0 Å². The zero-order valence-electron chi connectivity index (χ0n) is 8.59. The molecule has 2 fully saturated rings. The first kappa shape index (κ1) is 8.55. The highest BCUT2D eigenvalue weighted by atomic mass is 15.2. The van der Waals surface area contributed by atoms with Gasteiger partial charge in [-0.25, -0.2) is 0 Å². The Kier molecular flexibility index (Phi) is 2.16. The zero-order valence-corrected chi connectivity index (χ0v) is 8.59. The van der Waals surface area contributed by atoms with Crippen molar-refractivity contribution < 1.29 is 0 Å². The molecule has 3 atom stereocenters. The molecule has 1 aliphatic carbocycles. The van der Waals surface area contributed by atoms with Crippen molar-refractivity contribution in [2.24, 2.45) is 11.8 Å². The molecule has 0 aromatic rings. The first-order chi connectivity index (χ1) is 5.70. The number of hydrogen-bond acceptors (Lipinski definition) is 1. The van der Waals surface area contributed by atoms with Gasteiger partial charge in [-0.2, -0.15) is 0 Å². The van der Waals surface area contributed by atoms with Crippen molar-refractivity contribution in [3.05, 3.63) is 0 Å². The van der Waals surface area contributed by atoms with Gasteiger partial charge < -0.3 is 0 Å². The van der Waals surface area contributed by atoms with Crippen LogP contribution in [0.5, 0.6) is 0 Å². The van der Waals surface area contributed by atoms with E-state index in [-0.39, 0.29) is 0 Å². The Bertz CT molecular complexity index is 164. The summed E-state index contributed by atoms with van der Waals surface area (Å²) in [6, 6.07) is 1.78. The minimum atomic E-state index is 0.806. The largest absolute Gasteiger partial charge is 0.297 e. The second-order valence-electron chi connectivity index (χ2n) is 4.92.